The quantitative estimate of drug-likeness (QED) is 0.548. The van der Waals surface area contributed by atoms with Crippen LogP contribution in [0, 0.1) is 5.92 Å². The van der Waals surface area contributed by atoms with E-state index in [0.29, 0.717) is 24.0 Å². The Morgan fingerprint density at radius 3 is 2.75 bits per heavy atom. The second-order valence-corrected chi connectivity index (χ2v) is 5.39. The molecular formula is C12H24N4. The minimum absolute atomic E-state index is 0.611. The Kier molecular flexibility index (Phi) is 3.69. The summed E-state index contributed by atoms with van der Waals surface area (Å²) < 4.78 is 0. The number of nitrogens with zero attached hydrogens (tertiary/aromatic N) is 2. The van der Waals surface area contributed by atoms with Crippen molar-refractivity contribution in [1.29, 1.82) is 0 Å². The van der Waals surface area contributed by atoms with Gasteiger partial charge >= 0.3 is 0 Å². The van der Waals surface area contributed by atoms with Crippen molar-refractivity contribution in [2.45, 2.75) is 45.2 Å². The summed E-state index contributed by atoms with van der Waals surface area (Å²) in [5, 5.41) is 3.23. The van der Waals surface area contributed by atoms with Crippen molar-refractivity contribution >= 4 is 5.96 Å². The second-order valence-electron chi connectivity index (χ2n) is 5.39. The minimum Gasteiger partial charge on any atom is -0.370 e. The molecule has 4 nitrogen and oxygen atoms in total. The molecule has 1 aliphatic carbocycles. The first-order valence-electron chi connectivity index (χ1n) is 6.45. The van der Waals surface area contributed by atoms with Crippen molar-refractivity contribution in [3.63, 3.8) is 0 Å². The monoisotopic (exact) mass is 224 g/mol. The van der Waals surface area contributed by atoms with E-state index < -0.39 is 0 Å². The van der Waals surface area contributed by atoms with Crippen LogP contribution < -0.4 is 11.1 Å². The topological polar surface area (TPSA) is 53.6 Å². The Balaban J connectivity index is 1.69. The third kappa shape index (κ3) is 3.37. The first kappa shape index (κ1) is 11.7. The Morgan fingerprint density at radius 1 is 1.44 bits per heavy atom. The van der Waals surface area contributed by atoms with E-state index in [1.54, 1.807) is 0 Å². The van der Waals surface area contributed by atoms with Crippen LogP contribution in [-0.2, 0) is 0 Å². The number of guanidine groups is 1. The van der Waals surface area contributed by atoms with Gasteiger partial charge in [0, 0.05) is 25.2 Å². The molecule has 4 heteroatoms. The van der Waals surface area contributed by atoms with Gasteiger partial charge in [-0.3, -0.25) is 4.99 Å². The number of hydrogen-bond acceptors (Lipinski definition) is 2. The van der Waals surface area contributed by atoms with Gasteiger partial charge < -0.3 is 16.0 Å². The lowest BCUT2D eigenvalue weighted by Gasteiger charge is -2.19. The number of likely N-dealkylation sites (tertiary alicyclic amines) is 1. The second kappa shape index (κ2) is 5.04. The summed E-state index contributed by atoms with van der Waals surface area (Å²) in [4.78, 5) is 6.96. The van der Waals surface area contributed by atoms with Crippen molar-refractivity contribution in [3.8, 4) is 0 Å². The molecule has 0 spiro atoms. The summed E-state index contributed by atoms with van der Waals surface area (Å²) in [6.45, 7) is 7.80. The van der Waals surface area contributed by atoms with Gasteiger partial charge in [0.1, 0.15) is 0 Å². The van der Waals surface area contributed by atoms with Gasteiger partial charge in [-0.2, -0.15) is 0 Å². The third-order valence-corrected chi connectivity index (χ3v) is 3.50. The summed E-state index contributed by atoms with van der Waals surface area (Å²) in [5.41, 5.74) is 5.81. The average Bonchev–Trinajstić information content (AvgIpc) is 2.91. The molecule has 16 heavy (non-hydrogen) atoms. The predicted molar refractivity (Wildman–Crippen MR) is 67.5 cm³/mol. The van der Waals surface area contributed by atoms with E-state index in [-0.39, 0.29) is 0 Å². The maximum Gasteiger partial charge on any atom is 0.188 e. The highest BCUT2D eigenvalue weighted by atomic mass is 15.2. The molecule has 0 radical (unpaired) electrons. The van der Waals surface area contributed by atoms with Crippen LogP contribution in [0.2, 0.25) is 0 Å². The van der Waals surface area contributed by atoms with Crippen LogP contribution in [0.5, 0.6) is 0 Å². The van der Waals surface area contributed by atoms with Crippen molar-refractivity contribution in [2.75, 3.05) is 19.6 Å². The summed E-state index contributed by atoms with van der Waals surface area (Å²) in [6.07, 6.45) is 3.76. The highest BCUT2D eigenvalue weighted by Crippen LogP contribution is 2.19. The Bertz CT molecular complexity index is 258. The van der Waals surface area contributed by atoms with Crippen LogP contribution in [0.1, 0.15) is 33.1 Å². The van der Waals surface area contributed by atoms with Gasteiger partial charge in [-0.25, -0.2) is 0 Å². The number of aliphatic imine (C=N–C) groups is 1. The highest BCUT2D eigenvalue weighted by molar-refractivity contribution is 5.78. The molecule has 0 aromatic rings. The fourth-order valence-electron chi connectivity index (χ4n) is 2.19. The van der Waals surface area contributed by atoms with E-state index in [9.17, 15) is 0 Å². The Labute approximate surface area is 98.3 Å². The first-order valence-corrected chi connectivity index (χ1v) is 6.45. The fraction of sp³-hybridized carbons (Fsp3) is 0.917. The predicted octanol–water partition coefficient (Wildman–Crippen LogP) is 0.783. The molecule has 1 unspecified atom stereocenters. The van der Waals surface area contributed by atoms with E-state index in [1.165, 1.54) is 32.4 Å². The molecule has 2 aliphatic rings. The Morgan fingerprint density at radius 2 is 2.19 bits per heavy atom. The van der Waals surface area contributed by atoms with Crippen LogP contribution in [0.3, 0.4) is 0 Å². The molecule has 1 aliphatic heterocycles. The molecular weight excluding hydrogens is 200 g/mol. The molecule has 0 amide bonds. The van der Waals surface area contributed by atoms with Crippen molar-refractivity contribution in [1.82, 2.24) is 10.2 Å². The summed E-state index contributed by atoms with van der Waals surface area (Å²) in [7, 11) is 0. The standard InChI is InChI=1S/C12H24N4/c1-9(2)16-6-5-10(8-16)7-14-12(13)15-11-3-4-11/h9-11H,3-8H2,1-2H3,(H3,13,14,15). The largest absolute Gasteiger partial charge is 0.370 e. The van der Waals surface area contributed by atoms with E-state index in [0.717, 1.165) is 6.54 Å². The molecule has 0 aromatic carbocycles. The van der Waals surface area contributed by atoms with Crippen molar-refractivity contribution in [2.24, 2.45) is 16.6 Å². The molecule has 92 valence electrons. The number of rotatable bonds is 4. The normalized spacial score (nSPS) is 27.7. The maximum atomic E-state index is 5.81. The zero-order valence-corrected chi connectivity index (χ0v) is 10.4. The van der Waals surface area contributed by atoms with Gasteiger partial charge in [0.2, 0.25) is 0 Å². The van der Waals surface area contributed by atoms with E-state index >= 15 is 0 Å². The minimum atomic E-state index is 0.611. The van der Waals surface area contributed by atoms with Crippen molar-refractivity contribution < 1.29 is 0 Å². The lowest BCUT2D eigenvalue weighted by Crippen LogP contribution is -2.34. The first-order chi connectivity index (χ1) is 7.65. The lowest BCUT2D eigenvalue weighted by molar-refractivity contribution is 0.266. The Hall–Kier alpha value is -0.770. The molecule has 2 rings (SSSR count). The SMILES string of the molecule is CC(C)N1CCC(CN=C(N)NC2CC2)C1. The van der Waals surface area contributed by atoms with Gasteiger partial charge in [0.15, 0.2) is 5.96 Å². The van der Waals surface area contributed by atoms with Gasteiger partial charge in [-0.15, -0.1) is 0 Å². The summed E-state index contributed by atoms with van der Waals surface area (Å²) in [5.74, 6) is 1.34. The average molecular weight is 224 g/mol. The van der Waals surface area contributed by atoms with Gasteiger partial charge in [-0.1, -0.05) is 0 Å². The molecule has 0 bridgehead atoms. The molecule has 1 saturated carbocycles. The van der Waals surface area contributed by atoms with Crippen LogP contribution in [0.15, 0.2) is 4.99 Å². The fourth-order valence-corrected chi connectivity index (χ4v) is 2.19. The van der Waals surface area contributed by atoms with Crippen LogP contribution in [-0.4, -0.2) is 42.6 Å². The van der Waals surface area contributed by atoms with Gasteiger partial charge in [-0.05, 0) is 45.6 Å². The van der Waals surface area contributed by atoms with E-state index in [2.05, 4.69) is 29.1 Å². The van der Waals surface area contributed by atoms with Crippen LogP contribution in [0.4, 0.5) is 0 Å². The van der Waals surface area contributed by atoms with Crippen molar-refractivity contribution in [3.05, 3.63) is 0 Å². The molecule has 3 N–H and O–H groups in total. The molecule has 1 heterocycles. The highest BCUT2D eigenvalue weighted by Gasteiger charge is 2.24. The summed E-state index contributed by atoms with van der Waals surface area (Å²) >= 11 is 0. The summed E-state index contributed by atoms with van der Waals surface area (Å²) in [6, 6.07) is 1.27. The molecule has 2 fully saturated rings. The molecule has 1 atom stereocenters. The van der Waals surface area contributed by atoms with Gasteiger partial charge in [0.25, 0.3) is 0 Å². The maximum absolute atomic E-state index is 5.81. The van der Waals surface area contributed by atoms with Gasteiger partial charge in [0.05, 0.1) is 0 Å². The third-order valence-electron chi connectivity index (χ3n) is 3.50. The molecule has 1 saturated heterocycles. The number of nitrogens with two attached hydrogens (primary N) is 1. The smallest absolute Gasteiger partial charge is 0.188 e. The van der Waals surface area contributed by atoms with E-state index in [1.807, 2.05) is 0 Å². The zero-order valence-electron chi connectivity index (χ0n) is 10.4. The van der Waals surface area contributed by atoms with Crippen LogP contribution in [0.25, 0.3) is 0 Å². The zero-order chi connectivity index (χ0) is 11.5. The van der Waals surface area contributed by atoms with E-state index in [4.69, 9.17) is 5.73 Å². The van der Waals surface area contributed by atoms with Crippen LogP contribution >= 0.6 is 0 Å². The number of hydrogen-bond donors (Lipinski definition) is 2. The molecule has 0 aromatic heterocycles. The number of nitrogens with one attached hydrogen (secondary N) is 1. The lowest BCUT2D eigenvalue weighted by atomic mass is 10.1.